The zero-order valence-corrected chi connectivity index (χ0v) is 9.90. The third-order valence-corrected chi connectivity index (χ3v) is 3.87. The molecule has 18 heavy (non-hydrogen) atoms. The van der Waals surface area contributed by atoms with Gasteiger partial charge in [0.15, 0.2) is 0 Å². The van der Waals surface area contributed by atoms with E-state index in [1.54, 1.807) is 4.90 Å². The molecule has 0 saturated carbocycles. The number of hydrogen-bond acceptors (Lipinski definition) is 3. The number of amides is 1. The zero-order chi connectivity index (χ0) is 12.7. The van der Waals surface area contributed by atoms with Gasteiger partial charge in [-0.05, 0) is 30.0 Å². The van der Waals surface area contributed by atoms with Crippen LogP contribution in [0.2, 0.25) is 0 Å². The zero-order valence-electron chi connectivity index (χ0n) is 9.90. The summed E-state index contributed by atoms with van der Waals surface area (Å²) in [6.07, 6.45) is 0. The second-order valence-electron chi connectivity index (χ2n) is 5.05. The molecule has 1 aromatic rings. The van der Waals surface area contributed by atoms with E-state index in [2.05, 4.69) is 5.32 Å². The van der Waals surface area contributed by atoms with Crippen LogP contribution in [0.5, 0.6) is 5.75 Å². The van der Waals surface area contributed by atoms with E-state index >= 15 is 0 Å². The van der Waals surface area contributed by atoms with Crippen molar-refractivity contribution in [2.75, 3.05) is 26.2 Å². The average molecular weight is 250 g/mol. The molecule has 2 aliphatic heterocycles. The molecule has 0 unspecified atom stereocenters. The van der Waals surface area contributed by atoms with Gasteiger partial charge < -0.3 is 15.3 Å². The number of phenolic OH excluding ortho intramolecular Hbond substituents is 1. The van der Waals surface area contributed by atoms with Gasteiger partial charge in [0.25, 0.3) is 5.91 Å². The summed E-state index contributed by atoms with van der Waals surface area (Å²) < 4.78 is 13.1. The highest BCUT2D eigenvalue weighted by molar-refractivity contribution is 5.97. The van der Waals surface area contributed by atoms with Gasteiger partial charge in [-0.1, -0.05) is 0 Å². The molecule has 2 fully saturated rings. The minimum atomic E-state index is -0.503. The largest absolute Gasteiger partial charge is 0.507 e. The molecule has 0 bridgehead atoms. The topological polar surface area (TPSA) is 52.6 Å². The second kappa shape index (κ2) is 4.24. The third-order valence-electron chi connectivity index (χ3n) is 3.87. The Hall–Kier alpha value is -1.62. The van der Waals surface area contributed by atoms with Crippen molar-refractivity contribution in [2.24, 2.45) is 11.8 Å². The molecule has 2 N–H and O–H groups in total. The molecule has 2 saturated heterocycles. The summed E-state index contributed by atoms with van der Waals surface area (Å²) in [5.74, 6) is 0.0458. The van der Waals surface area contributed by atoms with Gasteiger partial charge in [0, 0.05) is 26.2 Å². The minimum absolute atomic E-state index is 0.0583. The molecular weight excluding hydrogens is 235 g/mol. The first kappa shape index (κ1) is 11.5. The van der Waals surface area contributed by atoms with Crippen LogP contribution in [0.1, 0.15) is 10.4 Å². The van der Waals surface area contributed by atoms with E-state index in [0.717, 1.165) is 25.2 Å². The fraction of sp³-hybridized carbons (Fsp3) is 0.462. The van der Waals surface area contributed by atoms with Crippen LogP contribution in [0.15, 0.2) is 18.2 Å². The summed E-state index contributed by atoms with van der Waals surface area (Å²) in [4.78, 5) is 13.9. The Bertz CT molecular complexity index is 480. The fourth-order valence-corrected chi connectivity index (χ4v) is 2.87. The number of nitrogens with zero attached hydrogens (tertiary/aromatic N) is 1. The molecular formula is C13H15FN2O2. The lowest BCUT2D eigenvalue weighted by atomic mass is 10.0. The number of aromatic hydroxyl groups is 1. The molecule has 0 spiro atoms. The summed E-state index contributed by atoms with van der Waals surface area (Å²) in [6, 6.07) is 3.47. The van der Waals surface area contributed by atoms with E-state index in [0.29, 0.717) is 24.9 Å². The number of rotatable bonds is 1. The van der Waals surface area contributed by atoms with Crippen molar-refractivity contribution in [2.45, 2.75) is 0 Å². The summed E-state index contributed by atoms with van der Waals surface area (Å²) in [7, 11) is 0. The Morgan fingerprint density at radius 2 is 2.00 bits per heavy atom. The van der Waals surface area contributed by atoms with Crippen molar-refractivity contribution in [3.05, 3.63) is 29.6 Å². The maximum Gasteiger partial charge on any atom is 0.257 e. The molecule has 1 amide bonds. The predicted octanol–water partition coefficient (Wildman–Crippen LogP) is 0.823. The maximum absolute atomic E-state index is 13.1. The average Bonchev–Trinajstić information content (AvgIpc) is 2.91. The molecule has 1 aromatic carbocycles. The Labute approximate surface area is 104 Å². The summed E-state index contributed by atoms with van der Waals surface area (Å²) in [5, 5.41) is 12.9. The van der Waals surface area contributed by atoms with Gasteiger partial charge in [-0.25, -0.2) is 4.39 Å². The highest BCUT2D eigenvalue weighted by Gasteiger charge is 2.38. The second-order valence-corrected chi connectivity index (χ2v) is 5.05. The first-order valence-electron chi connectivity index (χ1n) is 6.13. The van der Waals surface area contributed by atoms with Crippen LogP contribution in [-0.2, 0) is 0 Å². The molecule has 2 aliphatic rings. The molecule has 2 atom stereocenters. The molecule has 0 aliphatic carbocycles. The van der Waals surface area contributed by atoms with E-state index < -0.39 is 5.82 Å². The van der Waals surface area contributed by atoms with Crippen molar-refractivity contribution in [1.82, 2.24) is 10.2 Å². The lowest BCUT2D eigenvalue weighted by Gasteiger charge is -2.18. The van der Waals surface area contributed by atoms with Crippen molar-refractivity contribution in [3.8, 4) is 5.75 Å². The predicted molar refractivity (Wildman–Crippen MR) is 63.8 cm³/mol. The quantitative estimate of drug-likeness (QED) is 0.776. The first-order chi connectivity index (χ1) is 8.65. The first-order valence-corrected chi connectivity index (χ1v) is 6.13. The van der Waals surface area contributed by atoms with Crippen molar-refractivity contribution < 1.29 is 14.3 Å². The van der Waals surface area contributed by atoms with E-state index in [1.807, 2.05) is 0 Å². The van der Waals surface area contributed by atoms with Gasteiger partial charge in [0.1, 0.15) is 11.6 Å². The van der Waals surface area contributed by atoms with Gasteiger partial charge in [0.05, 0.1) is 5.56 Å². The monoisotopic (exact) mass is 250 g/mol. The number of halogens is 1. The number of likely N-dealkylation sites (tertiary alicyclic amines) is 1. The maximum atomic E-state index is 13.1. The SMILES string of the molecule is O=C(c1cc(F)ccc1O)N1C[C@H]2CNC[C@H]2C1. The molecule has 0 aromatic heterocycles. The lowest BCUT2D eigenvalue weighted by molar-refractivity contribution is 0.0778. The van der Waals surface area contributed by atoms with Crippen LogP contribution < -0.4 is 5.32 Å². The van der Waals surface area contributed by atoms with Gasteiger partial charge in [-0.3, -0.25) is 4.79 Å². The highest BCUT2D eigenvalue weighted by atomic mass is 19.1. The Balaban J connectivity index is 1.81. The number of nitrogens with one attached hydrogen (secondary N) is 1. The van der Waals surface area contributed by atoms with E-state index in [1.165, 1.54) is 6.07 Å². The fourth-order valence-electron chi connectivity index (χ4n) is 2.87. The smallest absolute Gasteiger partial charge is 0.257 e. The number of hydrogen-bond donors (Lipinski definition) is 2. The Morgan fingerprint density at radius 3 is 2.67 bits per heavy atom. The van der Waals surface area contributed by atoms with E-state index in [-0.39, 0.29) is 17.2 Å². The number of carbonyl (C=O) groups is 1. The summed E-state index contributed by atoms with van der Waals surface area (Å²) in [5.41, 5.74) is 0.0583. The molecule has 96 valence electrons. The number of phenols is 1. The minimum Gasteiger partial charge on any atom is -0.507 e. The van der Waals surface area contributed by atoms with E-state index in [9.17, 15) is 14.3 Å². The summed E-state index contributed by atoms with van der Waals surface area (Å²) in [6.45, 7) is 3.24. The van der Waals surface area contributed by atoms with Gasteiger partial charge in [-0.15, -0.1) is 0 Å². The van der Waals surface area contributed by atoms with Crippen LogP contribution in [0.3, 0.4) is 0 Å². The molecule has 4 nitrogen and oxygen atoms in total. The number of fused-ring (bicyclic) bond motifs is 1. The van der Waals surface area contributed by atoms with Crippen LogP contribution in [0.25, 0.3) is 0 Å². The Kier molecular flexibility index (Phi) is 2.70. The lowest BCUT2D eigenvalue weighted by Crippen LogP contribution is -2.31. The third kappa shape index (κ3) is 1.84. The standard InChI is InChI=1S/C13H15FN2O2/c14-10-1-2-12(17)11(3-10)13(18)16-6-8-4-15-5-9(8)7-16/h1-3,8-9,15,17H,4-7H2/t8-,9+. The van der Waals surface area contributed by atoms with Gasteiger partial charge in [0.2, 0.25) is 0 Å². The molecule has 0 radical (unpaired) electrons. The Morgan fingerprint density at radius 1 is 1.33 bits per heavy atom. The van der Waals surface area contributed by atoms with Crippen molar-refractivity contribution >= 4 is 5.91 Å². The van der Waals surface area contributed by atoms with Gasteiger partial charge >= 0.3 is 0 Å². The van der Waals surface area contributed by atoms with Crippen molar-refractivity contribution in [1.29, 1.82) is 0 Å². The number of benzene rings is 1. The highest BCUT2D eigenvalue weighted by Crippen LogP contribution is 2.29. The van der Waals surface area contributed by atoms with Crippen LogP contribution >= 0.6 is 0 Å². The molecule has 3 rings (SSSR count). The van der Waals surface area contributed by atoms with Gasteiger partial charge in [-0.2, -0.15) is 0 Å². The number of carbonyl (C=O) groups excluding carboxylic acids is 1. The van der Waals surface area contributed by atoms with Crippen LogP contribution in [-0.4, -0.2) is 42.1 Å². The van der Waals surface area contributed by atoms with Crippen LogP contribution in [0, 0.1) is 17.7 Å². The molecule has 2 heterocycles. The van der Waals surface area contributed by atoms with Crippen LogP contribution in [0.4, 0.5) is 4.39 Å². The summed E-state index contributed by atoms with van der Waals surface area (Å²) >= 11 is 0. The normalized spacial score (nSPS) is 26.4. The molecule has 5 heteroatoms. The van der Waals surface area contributed by atoms with E-state index in [4.69, 9.17) is 0 Å². The van der Waals surface area contributed by atoms with Crippen molar-refractivity contribution in [3.63, 3.8) is 0 Å².